The molecule has 1 saturated heterocycles. The molecule has 2 rings (SSSR count). The lowest BCUT2D eigenvalue weighted by Gasteiger charge is -2.15. The number of ether oxygens (including phenoxy) is 1. The largest absolute Gasteiger partial charge is 0.453 e. The minimum atomic E-state index is -1.00. The molecule has 0 aromatic heterocycles. The molecule has 1 heterocycles. The summed E-state index contributed by atoms with van der Waals surface area (Å²) in [6.07, 6.45) is -0.743. The van der Waals surface area contributed by atoms with E-state index in [-0.39, 0.29) is 37.9 Å². The lowest BCUT2D eigenvalue weighted by atomic mass is 10.2. The van der Waals surface area contributed by atoms with Crippen LogP contribution in [-0.2, 0) is 19.1 Å². The smallest absolute Gasteiger partial charge is 0.326 e. The lowest BCUT2D eigenvalue weighted by molar-refractivity contribution is -0.153. The molecule has 1 atom stereocenters. The van der Waals surface area contributed by atoms with E-state index in [1.807, 2.05) is 0 Å². The van der Waals surface area contributed by atoms with Crippen molar-refractivity contribution >= 4 is 41.1 Å². The van der Waals surface area contributed by atoms with Crippen LogP contribution in [0.3, 0.4) is 0 Å². The number of likely N-dealkylation sites (N-methyl/N-ethyl adjacent to an activating group) is 1. The molecule has 140 valence electrons. The number of esters is 1. The standard InChI is InChI=1S/C17H20ClN3O5/c1-11(16(24)19-13-7-4-3-6-12(13)18)26-15(23)8-5-9-21-14(22)10-20(2)17(21)25/h3-4,6-7,11H,5,8-10H2,1-2H3,(H,19,24)/t11-/m0/s1. The zero-order chi connectivity index (χ0) is 19.3. The van der Waals surface area contributed by atoms with Crippen molar-refractivity contribution in [2.24, 2.45) is 0 Å². The second kappa shape index (κ2) is 8.66. The van der Waals surface area contributed by atoms with E-state index in [1.54, 1.807) is 24.3 Å². The molecule has 1 fully saturated rings. The first-order chi connectivity index (χ1) is 12.3. The van der Waals surface area contributed by atoms with E-state index in [1.165, 1.54) is 18.9 Å². The number of carbonyl (C=O) groups is 4. The number of halogens is 1. The Morgan fingerprint density at radius 2 is 2.00 bits per heavy atom. The summed E-state index contributed by atoms with van der Waals surface area (Å²) in [5.41, 5.74) is 0.428. The summed E-state index contributed by atoms with van der Waals surface area (Å²) in [6.45, 7) is 1.63. The number of anilines is 1. The minimum Gasteiger partial charge on any atom is -0.453 e. The van der Waals surface area contributed by atoms with E-state index in [4.69, 9.17) is 16.3 Å². The fourth-order valence-corrected chi connectivity index (χ4v) is 2.56. The predicted molar refractivity (Wildman–Crippen MR) is 94.6 cm³/mol. The van der Waals surface area contributed by atoms with Crippen LogP contribution in [0.1, 0.15) is 19.8 Å². The van der Waals surface area contributed by atoms with Gasteiger partial charge in [-0.3, -0.25) is 19.3 Å². The molecule has 0 saturated carbocycles. The molecule has 1 aromatic rings. The van der Waals surface area contributed by atoms with Gasteiger partial charge in [-0.25, -0.2) is 4.79 Å². The molecule has 1 aliphatic rings. The van der Waals surface area contributed by atoms with Crippen LogP contribution in [0.2, 0.25) is 5.02 Å². The Hall–Kier alpha value is -2.61. The number of nitrogens with one attached hydrogen (secondary N) is 1. The highest BCUT2D eigenvalue weighted by molar-refractivity contribution is 6.33. The molecule has 0 radical (unpaired) electrons. The number of rotatable bonds is 7. The van der Waals surface area contributed by atoms with Gasteiger partial charge in [-0.1, -0.05) is 23.7 Å². The van der Waals surface area contributed by atoms with Gasteiger partial charge in [0.15, 0.2) is 6.10 Å². The Balaban J connectivity index is 1.75. The van der Waals surface area contributed by atoms with E-state index in [9.17, 15) is 19.2 Å². The van der Waals surface area contributed by atoms with Crippen molar-refractivity contribution in [1.82, 2.24) is 9.80 Å². The highest BCUT2D eigenvalue weighted by Crippen LogP contribution is 2.20. The second-order valence-corrected chi connectivity index (χ2v) is 6.30. The molecule has 26 heavy (non-hydrogen) atoms. The summed E-state index contributed by atoms with van der Waals surface area (Å²) in [5.74, 6) is -1.38. The topological polar surface area (TPSA) is 96.0 Å². The van der Waals surface area contributed by atoms with Crippen LogP contribution in [0.25, 0.3) is 0 Å². The molecule has 0 unspecified atom stereocenters. The number of amides is 4. The maximum absolute atomic E-state index is 12.1. The molecule has 1 N–H and O–H groups in total. The fraction of sp³-hybridized carbons (Fsp3) is 0.412. The average Bonchev–Trinajstić information content (AvgIpc) is 2.82. The molecule has 1 aromatic carbocycles. The van der Waals surface area contributed by atoms with Gasteiger partial charge in [-0.05, 0) is 25.5 Å². The van der Waals surface area contributed by atoms with Crippen LogP contribution < -0.4 is 5.32 Å². The Labute approximate surface area is 156 Å². The Bertz CT molecular complexity index is 724. The van der Waals surface area contributed by atoms with Crippen LogP contribution >= 0.6 is 11.6 Å². The van der Waals surface area contributed by atoms with Crippen molar-refractivity contribution in [3.8, 4) is 0 Å². The van der Waals surface area contributed by atoms with Gasteiger partial charge in [0.25, 0.3) is 5.91 Å². The van der Waals surface area contributed by atoms with Crippen LogP contribution in [0.5, 0.6) is 0 Å². The van der Waals surface area contributed by atoms with Crippen molar-refractivity contribution in [1.29, 1.82) is 0 Å². The number of carbonyl (C=O) groups excluding carboxylic acids is 4. The van der Waals surface area contributed by atoms with Crippen LogP contribution in [0.4, 0.5) is 10.5 Å². The third-order valence-corrected chi connectivity index (χ3v) is 4.13. The van der Waals surface area contributed by atoms with Gasteiger partial charge in [0.1, 0.15) is 6.54 Å². The van der Waals surface area contributed by atoms with Gasteiger partial charge in [0.05, 0.1) is 10.7 Å². The van der Waals surface area contributed by atoms with Gasteiger partial charge in [0.2, 0.25) is 5.91 Å². The van der Waals surface area contributed by atoms with Gasteiger partial charge >= 0.3 is 12.0 Å². The van der Waals surface area contributed by atoms with Crippen molar-refractivity contribution in [3.63, 3.8) is 0 Å². The van der Waals surface area contributed by atoms with E-state index < -0.39 is 18.0 Å². The van der Waals surface area contributed by atoms with Crippen molar-refractivity contribution in [2.45, 2.75) is 25.9 Å². The number of para-hydroxylation sites is 1. The van der Waals surface area contributed by atoms with E-state index in [0.717, 1.165) is 4.90 Å². The van der Waals surface area contributed by atoms with Crippen LogP contribution in [0.15, 0.2) is 24.3 Å². The average molecular weight is 382 g/mol. The summed E-state index contributed by atoms with van der Waals surface area (Å²) in [4.78, 5) is 49.6. The summed E-state index contributed by atoms with van der Waals surface area (Å²) in [5, 5.41) is 2.96. The number of imide groups is 1. The number of benzene rings is 1. The SMILES string of the molecule is C[C@H](OC(=O)CCCN1C(=O)CN(C)C1=O)C(=O)Nc1ccccc1Cl. The highest BCUT2D eigenvalue weighted by atomic mass is 35.5. The quantitative estimate of drug-likeness (QED) is 0.574. The first-order valence-corrected chi connectivity index (χ1v) is 8.47. The van der Waals surface area contributed by atoms with E-state index >= 15 is 0 Å². The molecule has 8 nitrogen and oxygen atoms in total. The van der Waals surface area contributed by atoms with E-state index in [2.05, 4.69) is 5.32 Å². The fourth-order valence-electron chi connectivity index (χ4n) is 2.38. The zero-order valence-electron chi connectivity index (χ0n) is 14.5. The summed E-state index contributed by atoms with van der Waals surface area (Å²) in [6, 6.07) is 6.34. The van der Waals surface area contributed by atoms with Gasteiger partial charge in [0, 0.05) is 20.0 Å². The molecule has 9 heteroatoms. The maximum Gasteiger partial charge on any atom is 0.326 e. The number of urea groups is 1. The highest BCUT2D eigenvalue weighted by Gasteiger charge is 2.33. The molecule has 0 spiro atoms. The van der Waals surface area contributed by atoms with Crippen LogP contribution in [-0.4, -0.2) is 59.9 Å². The van der Waals surface area contributed by atoms with Crippen molar-refractivity contribution < 1.29 is 23.9 Å². The van der Waals surface area contributed by atoms with Gasteiger partial charge in [-0.15, -0.1) is 0 Å². The Kier molecular flexibility index (Phi) is 6.57. The Morgan fingerprint density at radius 1 is 1.31 bits per heavy atom. The molecule has 0 aliphatic carbocycles. The number of hydrogen-bond acceptors (Lipinski definition) is 5. The Morgan fingerprint density at radius 3 is 2.62 bits per heavy atom. The van der Waals surface area contributed by atoms with E-state index in [0.29, 0.717) is 10.7 Å². The van der Waals surface area contributed by atoms with Gasteiger partial charge < -0.3 is 15.0 Å². The first-order valence-electron chi connectivity index (χ1n) is 8.10. The zero-order valence-corrected chi connectivity index (χ0v) is 15.3. The third kappa shape index (κ3) is 4.95. The lowest BCUT2D eigenvalue weighted by Crippen LogP contribution is -2.33. The third-order valence-electron chi connectivity index (χ3n) is 3.80. The summed E-state index contributed by atoms with van der Waals surface area (Å²) < 4.78 is 5.07. The molecular formula is C17H20ClN3O5. The van der Waals surface area contributed by atoms with Crippen molar-refractivity contribution in [2.75, 3.05) is 25.5 Å². The molecule has 1 aliphatic heterocycles. The first kappa shape index (κ1) is 19.7. The minimum absolute atomic E-state index is 0.00944. The normalized spacial score (nSPS) is 15.2. The van der Waals surface area contributed by atoms with Gasteiger partial charge in [-0.2, -0.15) is 0 Å². The predicted octanol–water partition coefficient (Wildman–Crippen LogP) is 1.88. The number of nitrogens with zero attached hydrogens (tertiary/aromatic N) is 2. The molecule has 4 amide bonds. The van der Waals surface area contributed by atoms with Crippen molar-refractivity contribution in [3.05, 3.63) is 29.3 Å². The van der Waals surface area contributed by atoms with Crippen LogP contribution in [0, 0.1) is 0 Å². The molecular weight excluding hydrogens is 362 g/mol. The molecule has 0 bridgehead atoms. The second-order valence-electron chi connectivity index (χ2n) is 5.89. The monoisotopic (exact) mass is 381 g/mol. The summed E-state index contributed by atoms with van der Waals surface area (Å²) in [7, 11) is 1.54. The number of hydrogen-bond donors (Lipinski definition) is 1. The maximum atomic E-state index is 12.1. The summed E-state index contributed by atoms with van der Waals surface area (Å²) >= 11 is 5.96.